The molecule has 0 unspecified atom stereocenters. The number of benzene rings is 3. The molecule has 32 heavy (non-hydrogen) atoms. The summed E-state index contributed by atoms with van der Waals surface area (Å²) in [4.78, 5) is 12.6. The first-order valence-electron chi connectivity index (χ1n) is 9.99. The zero-order chi connectivity index (χ0) is 22.1. The number of aromatic hydroxyl groups is 1. The van der Waals surface area contributed by atoms with Gasteiger partial charge >= 0.3 is 5.91 Å². The number of nitrogens with zero attached hydrogens (tertiary/aromatic N) is 3. The van der Waals surface area contributed by atoms with E-state index in [1.165, 1.54) is 0 Å². The third-order valence-electron chi connectivity index (χ3n) is 5.19. The maximum Gasteiger partial charge on any atom is 0.308 e. The van der Waals surface area contributed by atoms with E-state index < -0.39 is 12.0 Å². The number of fused-ring (bicyclic) bond motifs is 2. The molecular formula is C24H18BrN3O4. The Kier molecular flexibility index (Phi) is 5.36. The molecule has 7 nitrogen and oxygen atoms in total. The van der Waals surface area contributed by atoms with Crippen molar-refractivity contribution in [2.24, 2.45) is 10.2 Å². The highest BCUT2D eigenvalue weighted by atomic mass is 79.9. The Morgan fingerprint density at radius 3 is 2.62 bits per heavy atom. The van der Waals surface area contributed by atoms with E-state index in [0.717, 1.165) is 15.6 Å². The Morgan fingerprint density at radius 1 is 1.06 bits per heavy atom. The molecule has 0 bridgehead atoms. The van der Waals surface area contributed by atoms with Gasteiger partial charge in [0.25, 0.3) is 0 Å². The molecule has 1 N–H and O–H groups in total. The van der Waals surface area contributed by atoms with Crippen molar-refractivity contribution in [3.8, 4) is 17.4 Å². The van der Waals surface area contributed by atoms with E-state index in [1.807, 2.05) is 54.6 Å². The summed E-state index contributed by atoms with van der Waals surface area (Å²) in [5.74, 6) is 0.418. The first-order chi connectivity index (χ1) is 15.6. The van der Waals surface area contributed by atoms with Gasteiger partial charge in [0.2, 0.25) is 12.0 Å². The minimum atomic E-state index is -0.903. The molecule has 0 radical (unpaired) electrons. The van der Waals surface area contributed by atoms with Crippen LogP contribution in [0.4, 0.5) is 5.69 Å². The van der Waals surface area contributed by atoms with E-state index in [9.17, 15) is 9.90 Å². The zero-order valence-electron chi connectivity index (χ0n) is 16.8. The Bertz CT molecular complexity index is 1330. The molecule has 8 heteroatoms. The minimum absolute atomic E-state index is 0.0438. The average molecular weight is 492 g/mol. The predicted octanol–water partition coefficient (Wildman–Crippen LogP) is 5.61. The number of aromatic nitrogens is 1. The smallest absolute Gasteiger partial charge is 0.308 e. The van der Waals surface area contributed by atoms with Gasteiger partial charge in [-0.2, -0.15) is 0 Å². The highest BCUT2D eigenvalue weighted by Crippen LogP contribution is 2.40. The molecule has 0 fully saturated rings. The number of carbonyl (C=O) groups excluding carboxylic acids is 1. The van der Waals surface area contributed by atoms with E-state index in [0.29, 0.717) is 23.4 Å². The second-order valence-corrected chi connectivity index (χ2v) is 8.22. The lowest BCUT2D eigenvalue weighted by atomic mass is 10.2. The number of hydrogen-bond donors (Lipinski definition) is 1. The third-order valence-corrected chi connectivity index (χ3v) is 5.68. The lowest BCUT2D eigenvalue weighted by Gasteiger charge is -2.23. The predicted molar refractivity (Wildman–Crippen MR) is 123 cm³/mol. The normalized spacial score (nSPS) is 15.3. The molecular weight excluding hydrogens is 474 g/mol. The molecule has 160 valence electrons. The molecule has 1 aromatic heterocycles. The molecule has 1 aliphatic heterocycles. The Morgan fingerprint density at radius 2 is 1.81 bits per heavy atom. The van der Waals surface area contributed by atoms with Crippen LogP contribution in [0.15, 0.2) is 87.5 Å². The first-order valence-corrected chi connectivity index (χ1v) is 10.8. The maximum absolute atomic E-state index is 12.6. The summed E-state index contributed by atoms with van der Waals surface area (Å²) in [6.07, 6.45) is -0.903. The molecule has 5 rings (SSSR count). The minimum Gasteiger partial charge on any atom is -0.493 e. The SMILES string of the molecule is O=C(N=Nc1c(O)n(Cc2ccccc2)c2ccc(Br)cc12)[C@H]1COc2ccccc2O1. The summed E-state index contributed by atoms with van der Waals surface area (Å²) in [7, 11) is 0. The van der Waals surface area contributed by atoms with Crippen LogP contribution in [-0.2, 0) is 11.3 Å². The van der Waals surface area contributed by atoms with Gasteiger partial charge in [0.15, 0.2) is 17.2 Å². The average Bonchev–Trinajstić information content (AvgIpc) is 3.07. The largest absolute Gasteiger partial charge is 0.493 e. The van der Waals surface area contributed by atoms with Gasteiger partial charge in [-0.3, -0.25) is 4.79 Å². The van der Waals surface area contributed by atoms with Crippen LogP contribution in [-0.4, -0.2) is 28.3 Å². The number of rotatable bonds is 4. The second kappa shape index (κ2) is 8.47. The van der Waals surface area contributed by atoms with Crippen molar-refractivity contribution in [1.82, 2.24) is 4.57 Å². The van der Waals surface area contributed by atoms with E-state index >= 15 is 0 Å². The number of amides is 1. The summed E-state index contributed by atoms with van der Waals surface area (Å²) in [5.41, 5.74) is 2.03. The molecule has 1 aliphatic rings. The number of ether oxygens (including phenoxy) is 2. The monoisotopic (exact) mass is 491 g/mol. The molecule has 0 aliphatic carbocycles. The Hall–Kier alpha value is -3.65. The van der Waals surface area contributed by atoms with Gasteiger partial charge in [-0.05, 0) is 35.9 Å². The van der Waals surface area contributed by atoms with Crippen LogP contribution >= 0.6 is 15.9 Å². The van der Waals surface area contributed by atoms with E-state index in [4.69, 9.17) is 9.47 Å². The molecule has 0 saturated carbocycles. The van der Waals surface area contributed by atoms with Crippen LogP contribution in [0.3, 0.4) is 0 Å². The molecule has 4 aromatic rings. The molecule has 0 saturated heterocycles. The van der Waals surface area contributed by atoms with Gasteiger partial charge < -0.3 is 19.1 Å². The van der Waals surface area contributed by atoms with Crippen LogP contribution in [0.5, 0.6) is 17.4 Å². The fourth-order valence-electron chi connectivity index (χ4n) is 3.63. The van der Waals surface area contributed by atoms with Gasteiger partial charge in [-0.15, -0.1) is 10.2 Å². The van der Waals surface area contributed by atoms with Gasteiger partial charge in [-0.25, -0.2) is 0 Å². The number of para-hydroxylation sites is 2. The van der Waals surface area contributed by atoms with Crippen molar-refractivity contribution >= 4 is 38.4 Å². The zero-order valence-corrected chi connectivity index (χ0v) is 18.4. The second-order valence-electron chi connectivity index (χ2n) is 7.31. The summed E-state index contributed by atoms with van der Waals surface area (Å²) >= 11 is 3.46. The summed E-state index contributed by atoms with van der Waals surface area (Å²) < 4.78 is 13.8. The molecule has 2 heterocycles. The van der Waals surface area contributed by atoms with Crippen molar-refractivity contribution in [3.63, 3.8) is 0 Å². The van der Waals surface area contributed by atoms with Crippen molar-refractivity contribution < 1.29 is 19.4 Å². The molecule has 1 amide bonds. The van der Waals surface area contributed by atoms with Gasteiger partial charge in [0, 0.05) is 9.86 Å². The number of hydrogen-bond acceptors (Lipinski definition) is 5. The van der Waals surface area contributed by atoms with Gasteiger partial charge in [-0.1, -0.05) is 58.4 Å². The lowest BCUT2D eigenvalue weighted by Crippen LogP contribution is -2.35. The lowest BCUT2D eigenvalue weighted by molar-refractivity contribution is -0.127. The van der Waals surface area contributed by atoms with Crippen LogP contribution in [0.2, 0.25) is 0 Å². The first kappa shape index (κ1) is 20.3. The van der Waals surface area contributed by atoms with E-state index in [2.05, 4.69) is 26.2 Å². The Balaban J connectivity index is 1.46. The van der Waals surface area contributed by atoms with Crippen LogP contribution < -0.4 is 9.47 Å². The van der Waals surface area contributed by atoms with Gasteiger partial charge in [0.05, 0.1) is 12.1 Å². The summed E-state index contributed by atoms with van der Waals surface area (Å²) in [6.45, 7) is 0.493. The highest BCUT2D eigenvalue weighted by molar-refractivity contribution is 9.10. The quantitative estimate of drug-likeness (QED) is 0.376. The summed E-state index contributed by atoms with van der Waals surface area (Å²) in [6, 6.07) is 22.5. The maximum atomic E-state index is 12.6. The van der Waals surface area contributed by atoms with Crippen LogP contribution in [0, 0.1) is 0 Å². The third kappa shape index (κ3) is 3.85. The van der Waals surface area contributed by atoms with Crippen molar-refractivity contribution in [1.29, 1.82) is 0 Å². The highest BCUT2D eigenvalue weighted by Gasteiger charge is 2.28. The van der Waals surface area contributed by atoms with Crippen molar-refractivity contribution in [2.45, 2.75) is 12.6 Å². The van der Waals surface area contributed by atoms with Gasteiger partial charge in [0.1, 0.15) is 6.61 Å². The topological polar surface area (TPSA) is 85.4 Å². The standard InChI is InChI=1S/C24H18BrN3O4/c25-16-10-11-18-17(12-16)22(24(30)28(18)13-15-6-2-1-3-7-15)26-27-23(29)21-14-31-19-8-4-5-9-20(19)32-21/h1-12,21,30H,13-14H2/t21-/m1/s1. The fraction of sp³-hybridized carbons (Fsp3) is 0.125. The number of azo groups is 1. The van der Waals surface area contributed by atoms with Crippen LogP contribution in [0.1, 0.15) is 5.56 Å². The number of halogens is 1. The molecule has 3 aromatic carbocycles. The van der Waals surface area contributed by atoms with Crippen molar-refractivity contribution in [3.05, 3.63) is 82.8 Å². The van der Waals surface area contributed by atoms with E-state index in [-0.39, 0.29) is 18.2 Å². The van der Waals surface area contributed by atoms with Crippen LogP contribution in [0.25, 0.3) is 10.9 Å². The Labute approximate surface area is 192 Å². The molecule has 0 spiro atoms. The molecule has 1 atom stereocenters. The fourth-order valence-corrected chi connectivity index (χ4v) is 3.99. The van der Waals surface area contributed by atoms with Crippen molar-refractivity contribution in [2.75, 3.05) is 6.61 Å². The number of carbonyl (C=O) groups is 1. The summed E-state index contributed by atoms with van der Waals surface area (Å²) in [5, 5.41) is 19.6. The van der Waals surface area contributed by atoms with E-state index in [1.54, 1.807) is 22.8 Å².